The minimum Gasteiger partial charge on any atom is -0.343 e. The summed E-state index contributed by atoms with van der Waals surface area (Å²) >= 11 is 0. The number of hydrogen-bond acceptors (Lipinski definition) is 5. The van der Waals surface area contributed by atoms with E-state index in [-0.39, 0.29) is 22.8 Å². The van der Waals surface area contributed by atoms with E-state index in [1.54, 1.807) is 12.1 Å². The summed E-state index contributed by atoms with van der Waals surface area (Å²) < 4.78 is 59.4. The van der Waals surface area contributed by atoms with E-state index < -0.39 is 28.7 Å². The molecule has 0 radical (unpaired) electrons. The van der Waals surface area contributed by atoms with Crippen LogP contribution in [0.1, 0.15) is 35.2 Å². The van der Waals surface area contributed by atoms with Crippen molar-refractivity contribution < 1.29 is 31.2 Å². The largest absolute Gasteiger partial charge is 0.405 e. The quantitative estimate of drug-likeness (QED) is 0.465. The first-order valence-electron chi connectivity index (χ1n) is 10.5. The highest BCUT2D eigenvalue weighted by Gasteiger charge is 2.29. The number of halogens is 3. The van der Waals surface area contributed by atoms with Crippen LogP contribution in [-0.2, 0) is 21.4 Å². The molecule has 4 N–H and O–H groups in total. The van der Waals surface area contributed by atoms with Crippen molar-refractivity contribution in [1.82, 2.24) is 10.2 Å². The molecule has 12 heteroatoms. The molecule has 0 aromatic heterocycles. The highest BCUT2D eigenvalue weighted by Crippen LogP contribution is 2.28. The van der Waals surface area contributed by atoms with E-state index in [4.69, 9.17) is 5.14 Å². The maximum absolute atomic E-state index is 12.3. The van der Waals surface area contributed by atoms with Gasteiger partial charge in [0.2, 0.25) is 15.9 Å². The molecular formula is C22H25F3N4O4S. The highest BCUT2D eigenvalue weighted by atomic mass is 32.2. The zero-order valence-corrected chi connectivity index (χ0v) is 19.0. The molecule has 3 rings (SSSR count). The van der Waals surface area contributed by atoms with Gasteiger partial charge in [-0.3, -0.25) is 14.5 Å². The van der Waals surface area contributed by atoms with Crippen LogP contribution in [-0.4, -0.2) is 50.4 Å². The Labute approximate surface area is 195 Å². The number of sulfonamides is 1. The van der Waals surface area contributed by atoms with E-state index in [0.717, 1.165) is 18.4 Å². The normalized spacial score (nSPS) is 14.1. The van der Waals surface area contributed by atoms with Crippen LogP contribution in [0.4, 0.5) is 18.9 Å². The number of hydrogen-bond donors (Lipinski definition) is 3. The van der Waals surface area contributed by atoms with Gasteiger partial charge in [0.15, 0.2) is 0 Å². The summed E-state index contributed by atoms with van der Waals surface area (Å²) in [6.45, 7) is -0.369. The van der Waals surface area contributed by atoms with Gasteiger partial charge in [-0.15, -0.1) is 0 Å². The van der Waals surface area contributed by atoms with Gasteiger partial charge in [-0.1, -0.05) is 12.1 Å². The molecule has 2 amide bonds. The van der Waals surface area contributed by atoms with E-state index in [2.05, 4.69) is 10.2 Å². The van der Waals surface area contributed by atoms with Crippen molar-refractivity contribution in [3.63, 3.8) is 0 Å². The molecule has 1 aliphatic carbocycles. The summed E-state index contributed by atoms with van der Waals surface area (Å²) in [4.78, 5) is 26.3. The Morgan fingerprint density at radius 1 is 1.03 bits per heavy atom. The highest BCUT2D eigenvalue weighted by molar-refractivity contribution is 7.89. The van der Waals surface area contributed by atoms with Crippen molar-refractivity contribution in [2.24, 2.45) is 5.14 Å². The molecule has 0 unspecified atom stereocenters. The maximum atomic E-state index is 12.3. The fourth-order valence-electron chi connectivity index (χ4n) is 3.31. The number of benzene rings is 2. The minimum atomic E-state index is -4.47. The number of rotatable bonds is 10. The lowest BCUT2D eigenvalue weighted by atomic mass is 10.1. The predicted octanol–water partition coefficient (Wildman–Crippen LogP) is 2.62. The summed E-state index contributed by atoms with van der Waals surface area (Å²) in [6.07, 6.45) is -2.24. The fraction of sp³-hybridized carbons (Fsp3) is 0.364. The van der Waals surface area contributed by atoms with Gasteiger partial charge < -0.3 is 10.6 Å². The number of nitrogens with zero attached hydrogens (tertiary/aromatic N) is 1. The van der Waals surface area contributed by atoms with Crippen LogP contribution in [0.25, 0.3) is 0 Å². The lowest BCUT2D eigenvalue weighted by molar-refractivity contribution is -0.123. The molecular weight excluding hydrogens is 473 g/mol. The Morgan fingerprint density at radius 2 is 1.65 bits per heavy atom. The second-order valence-electron chi connectivity index (χ2n) is 8.06. The predicted molar refractivity (Wildman–Crippen MR) is 119 cm³/mol. The second kappa shape index (κ2) is 10.5. The number of nitrogens with two attached hydrogens (primary N) is 1. The number of amides is 2. The van der Waals surface area contributed by atoms with Crippen LogP contribution in [0.15, 0.2) is 53.4 Å². The Morgan fingerprint density at radius 3 is 2.18 bits per heavy atom. The maximum Gasteiger partial charge on any atom is 0.405 e. The average Bonchev–Trinajstić information content (AvgIpc) is 3.60. The van der Waals surface area contributed by atoms with Crippen molar-refractivity contribution >= 4 is 27.5 Å². The third-order valence-corrected chi connectivity index (χ3v) is 6.14. The lowest BCUT2D eigenvalue weighted by Gasteiger charge is -2.22. The smallest absolute Gasteiger partial charge is 0.343 e. The summed E-state index contributed by atoms with van der Waals surface area (Å²) in [5.74, 6) is -1.03. The summed E-state index contributed by atoms with van der Waals surface area (Å²) in [7, 11) is -3.81. The van der Waals surface area contributed by atoms with Gasteiger partial charge >= 0.3 is 6.18 Å². The van der Waals surface area contributed by atoms with Gasteiger partial charge in [0, 0.05) is 36.8 Å². The van der Waals surface area contributed by atoms with Crippen LogP contribution < -0.4 is 15.8 Å². The van der Waals surface area contributed by atoms with Crippen LogP contribution >= 0.6 is 0 Å². The first-order valence-corrected chi connectivity index (χ1v) is 12.1. The molecule has 184 valence electrons. The Hall–Kier alpha value is -2.96. The van der Waals surface area contributed by atoms with Gasteiger partial charge in [-0.2, -0.15) is 13.2 Å². The molecule has 1 fully saturated rings. The Bertz CT molecular complexity index is 1120. The number of primary sulfonamides is 1. The molecule has 0 aliphatic heterocycles. The first-order chi connectivity index (χ1) is 15.9. The Balaban J connectivity index is 1.51. The topological polar surface area (TPSA) is 122 Å². The molecule has 0 heterocycles. The van der Waals surface area contributed by atoms with Gasteiger partial charge in [0.05, 0.1) is 4.90 Å². The molecule has 0 spiro atoms. The fourth-order valence-corrected chi connectivity index (χ4v) is 3.82. The molecule has 1 aliphatic rings. The molecule has 0 bridgehead atoms. The standard InChI is InChI=1S/C22H25F3N4O4S/c23-22(24,25)14-27-21(31)16-3-1-15(2-4-16)13-29(18-7-8-18)12-11-20(30)28-17-5-9-19(10-6-17)34(26,32)33/h1-6,9-10,18H,7-8,11-14H2,(H,27,31)(H,28,30)(H2,26,32,33). The van der Waals surface area contributed by atoms with Gasteiger partial charge in [-0.05, 0) is 54.8 Å². The Kier molecular flexibility index (Phi) is 7.95. The molecule has 8 nitrogen and oxygen atoms in total. The van der Waals surface area contributed by atoms with E-state index in [1.165, 1.54) is 36.4 Å². The van der Waals surface area contributed by atoms with Crippen LogP contribution in [0.3, 0.4) is 0 Å². The molecule has 0 atom stereocenters. The zero-order chi connectivity index (χ0) is 24.9. The molecule has 2 aromatic rings. The molecule has 1 saturated carbocycles. The van der Waals surface area contributed by atoms with Crippen molar-refractivity contribution in [2.75, 3.05) is 18.4 Å². The van der Waals surface area contributed by atoms with Gasteiger partial charge in [0.25, 0.3) is 5.91 Å². The van der Waals surface area contributed by atoms with Crippen molar-refractivity contribution in [3.05, 3.63) is 59.7 Å². The number of alkyl halides is 3. The number of carbonyl (C=O) groups excluding carboxylic acids is 2. The third kappa shape index (κ3) is 8.12. The molecule has 34 heavy (non-hydrogen) atoms. The van der Waals surface area contributed by atoms with Crippen molar-refractivity contribution in [1.29, 1.82) is 0 Å². The van der Waals surface area contributed by atoms with Crippen molar-refractivity contribution in [2.45, 2.75) is 42.9 Å². The van der Waals surface area contributed by atoms with E-state index in [9.17, 15) is 31.2 Å². The van der Waals surface area contributed by atoms with Gasteiger partial charge in [0.1, 0.15) is 6.54 Å². The number of nitrogens with one attached hydrogen (secondary N) is 2. The summed E-state index contributed by atoms with van der Waals surface area (Å²) in [5.41, 5.74) is 1.46. The number of carbonyl (C=O) groups is 2. The van der Waals surface area contributed by atoms with E-state index >= 15 is 0 Å². The van der Waals surface area contributed by atoms with Crippen molar-refractivity contribution in [3.8, 4) is 0 Å². The lowest BCUT2D eigenvalue weighted by Crippen LogP contribution is -2.33. The zero-order valence-electron chi connectivity index (χ0n) is 18.1. The van der Waals surface area contributed by atoms with Gasteiger partial charge in [-0.25, -0.2) is 13.6 Å². The average molecular weight is 499 g/mol. The number of anilines is 1. The first kappa shape index (κ1) is 25.7. The second-order valence-corrected chi connectivity index (χ2v) is 9.63. The molecule has 0 saturated heterocycles. The van der Waals surface area contributed by atoms with Crippen LogP contribution in [0, 0.1) is 0 Å². The van der Waals surface area contributed by atoms with E-state index in [0.29, 0.717) is 24.8 Å². The molecule has 2 aromatic carbocycles. The van der Waals surface area contributed by atoms with E-state index in [1.807, 2.05) is 5.32 Å². The third-order valence-electron chi connectivity index (χ3n) is 5.21. The van der Waals surface area contributed by atoms with Crippen LogP contribution in [0.5, 0.6) is 0 Å². The monoisotopic (exact) mass is 498 g/mol. The minimum absolute atomic E-state index is 0.0470. The summed E-state index contributed by atoms with van der Waals surface area (Å²) in [5, 5.41) is 9.61. The van der Waals surface area contributed by atoms with Crippen LogP contribution in [0.2, 0.25) is 0 Å². The summed E-state index contributed by atoms with van der Waals surface area (Å²) in [6, 6.07) is 12.2. The SMILES string of the molecule is NS(=O)(=O)c1ccc(NC(=O)CCN(Cc2ccc(C(=O)NCC(F)(F)F)cc2)C2CC2)cc1.